The number of amides is 1. The molecule has 3 rings (SSSR count). The van der Waals surface area contributed by atoms with Gasteiger partial charge in [0.15, 0.2) is 5.69 Å². The largest absolute Gasteiger partial charge is 0.466 e. The minimum absolute atomic E-state index is 0.0245. The fourth-order valence-electron chi connectivity index (χ4n) is 2.87. The van der Waals surface area contributed by atoms with Crippen molar-refractivity contribution in [1.82, 2.24) is 9.78 Å². The summed E-state index contributed by atoms with van der Waals surface area (Å²) in [5.74, 6) is -1.60. The lowest BCUT2D eigenvalue weighted by molar-refractivity contribution is -0.144. The van der Waals surface area contributed by atoms with Crippen molar-refractivity contribution >= 4 is 45.0 Å². The van der Waals surface area contributed by atoms with E-state index in [-0.39, 0.29) is 42.1 Å². The average Bonchev–Trinajstić information content (AvgIpc) is 3.17. The van der Waals surface area contributed by atoms with Crippen molar-refractivity contribution in [1.29, 1.82) is 0 Å². The monoisotopic (exact) mass is 443 g/mol. The molecule has 0 unspecified atom stereocenters. The van der Waals surface area contributed by atoms with E-state index in [0.29, 0.717) is 11.1 Å². The molecule has 0 saturated carbocycles. The van der Waals surface area contributed by atoms with E-state index in [1.54, 1.807) is 49.6 Å². The molecule has 0 aliphatic rings. The van der Waals surface area contributed by atoms with Crippen LogP contribution >= 0.6 is 11.3 Å². The second-order valence-electron chi connectivity index (χ2n) is 6.33. The Morgan fingerprint density at radius 3 is 2.45 bits per heavy atom. The van der Waals surface area contributed by atoms with Crippen molar-refractivity contribution in [3.63, 3.8) is 0 Å². The van der Waals surface area contributed by atoms with Gasteiger partial charge in [-0.05, 0) is 26.0 Å². The van der Waals surface area contributed by atoms with E-state index >= 15 is 0 Å². The van der Waals surface area contributed by atoms with E-state index in [0.717, 1.165) is 16.0 Å². The second-order valence-corrected chi connectivity index (χ2v) is 7.21. The summed E-state index contributed by atoms with van der Waals surface area (Å²) in [5, 5.41) is 9.17. The highest BCUT2D eigenvalue weighted by molar-refractivity contribution is 7.16. The van der Waals surface area contributed by atoms with Gasteiger partial charge >= 0.3 is 11.9 Å². The Bertz CT molecular complexity index is 1170. The quantitative estimate of drug-likeness (QED) is 0.532. The number of carbonyl (C=O) groups excluding carboxylic acids is 3. The van der Waals surface area contributed by atoms with Crippen molar-refractivity contribution in [2.24, 2.45) is 0 Å². The molecule has 1 aromatic carbocycles. The molecular weight excluding hydrogens is 422 g/mol. The van der Waals surface area contributed by atoms with Crippen molar-refractivity contribution in [2.45, 2.75) is 26.7 Å². The highest BCUT2D eigenvalue weighted by Crippen LogP contribution is 2.30. The summed E-state index contributed by atoms with van der Waals surface area (Å²) in [4.78, 5) is 49.5. The van der Waals surface area contributed by atoms with Gasteiger partial charge in [-0.25, -0.2) is 4.79 Å². The topological polar surface area (TPSA) is 117 Å². The number of thiophene rings is 1. The third kappa shape index (κ3) is 4.97. The number of fused-ring (bicyclic) bond motifs is 1. The summed E-state index contributed by atoms with van der Waals surface area (Å²) >= 11 is 1.09. The minimum Gasteiger partial charge on any atom is -0.466 e. The maximum Gasteiger partial charge on any atom is 0.359 e. The predicted molar refractivity (Wildman–Crippen MR) is 116 cm³/mol. The lowest BCUT2D eigenvalue weighted by Gasteiger charge is -2.10. The van der Waals surface area contributed by atoms with Gasteiger partial charge in [0.2, 0.25) is 5.91 Å². The molecule has 0 aliphatic heterocycles. The van der Waals surface area contributed by atoms with Crippen LogP contribution in [0.5, 0.6) is 0 Å². The first-order chi connectivity index (χ1) is 15.0. The normalized spacial score (nSPS) is 10.6. The molecule has 31 heavy (non-hydrogen) atoms. The van der Waals surface area contributed by atoms with E-state index in [1.807, 2.05) is 0 Å². The van der Waals surface area contributed by atoms with E-state index in [4.69, 9.17) is 9.47 Å². The standard InChI is InChI=1S/C21H21N3O6S/c1-3-29-16(26)11-10-15(25)22-19-17-14(12-31-19)18(21(28)30-4-2)23-24(20(17)27)13-8-6-5-7-9-13/h5-9,12H,3-4,10-11H2,1-2H3,(H,22,25). The zero-order valence-electron chi connectivity index (χ0n) is 17.0. The molecule has 2 heterocycles. The van der Waals surface area contributed by atoms with Crippen LogP contribution in [0.3, 0.4) is 0 Å². The lowest BCUT2D eigenvalue weighted by Crippen LogP contribution is -2.25. The van der Waals surface area contributed by atoms with Crippen LogP contribution in [0.4, 0.5) is 5.00 Å². The van der Waals surface area contributed by atoms with Gasteiger partial charge in [-0.2, -0.15) is 9.78 Å². The van der Waals surface area contributed by atoms with Gasteiger partial charge in [-0.3, -0.25) is 14.4 Å². The van der Waals surface area contributed by atoms with Gasteiger partial charge in [-0.1, -0.05) is 18.2 Å². The molecule has 0 atom stereocenters. The van der Waals surface area contributed by atoms with Gasteiger partial charge in [-0.15, -0.1) is 11.3 Å². The molecule has 0 aliphatic carbocycles. The van der Waals surface area contributed by atoms with Crippen molar-refractivity contribution in [3.8, 4) is 5.69 Å². The van der Waals surface area contributed by atoms with Crippen molar-refractivity contribution in [2.75, 3.05) is 18.5 Å². The number of nitrogens with zero attached hydrogens (tertiary/aromatic N) is 2. The molecule has 162 valence electrons. The fourth-order valence-corrected chi connectivity index (χ4v) is 3.83. The minimum atomic E-state index is -0.671. The summed E-state index contributed by atoms with van der Waals surface area (Å²) in [5.41, 5.74) is -0.0505. The number of ether oxygens (including phenoxy) is 2. The molecule has 2 aromatic heterocycles. The van der Waals surface area contributed by atoms with Gasteiger partial charge in [0.05, 0.1) is 30.7 Å². The van der Waals surface area contributed by atoms with Crippen molar-refractivity contribution in [3.05, 3.63) is 51.8 Å². The Morgan fingerprint density at radius 1 is 1.06 bits per heavy atom. The molecule has 1 N–H and O–H groups in total. The summed E-state index contributed by atoms with van der Waals surface area (Å²) in [7, 11) is 0. The molecular formula is C21H21N3O6S. The number of rotatable bonds is 8. The molecule has 0 radical (unpaired) electrons. The Hall–Kier alpha value is -3.53. The SMILES string of the molecule is CCOC(=O)CCC(=O)Nc1scc2c(C(=O)OCC)nn(-c3ccccc3)c(=O)c12. The first-order valence-electron chi connectivity index (χ1n) is 9.68. The Labute approximate surface area is 181 Å². The number of nitrogens with one attached hydrogen (secondary N) is 1. The molecule has 0 spiro atoms. The molecule has 9 nitrogen and oxygen atoms in total. The second kappa shape index (κ2) is 9.98. The van der Waals surface area contributed by atoms with Crippen LogP contribution in [0.15, 0.2) is 40.5 Å². The predicted octanol–water partition coefficient (Wildman–Crippen LogP) is 2.91. The number of hydrogen-bond acceptors (Lipinski definition) is 8. The smallest absolute Gasteiger partial charge is 0.359 e. The highest BCUT2D eigenvalue weighted by atomic mass is 32.1. The lowest BCUT2D eigenvalue weighted by atomic mass is 10.2. The van der Waals surface area contributed by atoms with Crippen LogP contribution in [0.25, 0.3) is 16.5 Å². The third-order valence-corrected chi connectivity index (χ3v) is 5.13. The Balaban J connectivity index is 2.03. The van der Waals surface area contributed by atoms with Gasteiger partial charge in [0.1, 0.15) is 5.00 Å². The first kappa shape index (κ1) is 22.2. The fraction of sp³-hybridized carbons (Fsp3) is 0.286. The zero-order valence-corrected chi connectivity index (χ0v) is 17.9. The molecule has 10 heteroatoms. The molecule has 0 saturated heterocycles. The Morgan fingerprint density at radius 2 is 1.77 bits per heavy atom. The number of para-hydroxylation sites is 1. The zero-order chi connectivity index (χ0) is 22.4. The van der Waals surface area contributed by atoms with Crippen molar-refractivity contribution < 1.29 is 23.9 Å². The number of hydrogen-bond donors (Lipinski definition) is 1. The summed E-state index contributed by atoms with van der Waals surface area (Å²) in [6, 6.07) is 8.63. The van der Waals surface area contributed by atoms with Crippen LogP contribution in [0, 0.1) is 0 Å². The van der Waals surface area contributed by atoms with E-state index in [9.17, 15) is 19.2 Å². The van der Waals surface area contributed by atoms with Crippen LogP contribution in [-0.4, -0.2) is 40.8 Å². The molecule has 0 bridgehead atoms. The number of carbonyl (C=O) groups is 3. The average molecular weight is 443 g/mol. The summed E-state index contributed by atoms with van der Waals surface area (Å²) < 4.78 is 11.0. The molecule has 3 aromatic rings. The maximum atomic E-state index is 13.2. The number of anilines is 1. The maximum absolute atomic E-state index is 13.2. The van der Waals surface area contributed by atoms with Crippen LogP contribution < -0.4 is 10.9 Å². The van der Waals surface area contributed by atoms with Crippen LogP contribution in [-0.2, 0) is 19.1 Å². The Kier molecular flexibility index (Phi) is 7.14. The first-order valence-corrected chi connectivity index (χ1v) is 10.6. The molecule has 1 amide bonds. The van der Waals surface area contributed by atoms with E-state index < -0.39 is 23.4 Å². The van der Waals surface area contributed by atoms with Crippen LogP contribution in [0.1, 0.15) is 37.2 Å². The van der Waals surface area contributed by atoms with Crippen LogP contribution in [0.2, 0.25) is 0 Å². The highest BCUT2D eigenvalue weighted by Gasteiger charge is 2.23. The third-order valence-electron chi connectivity index (χ3n) is 4.24. The number of esters is 2. The van der Waals surface area contributed by atoms with E-state index in [2.05, 4.69) is 10.4 Å². The van der Waals surface area contributed by atoms with Gasteiger partial charge < -0.3 is 14.8 Å². The van der Waals surface area contributed by atoms with E-state index in [1.165, 1.54) is 0 Å². The molecule has 0 fully saturated rings. The van der Waals surface area contributed by atoms with Gasteiger partial charge in [0.25, 0.3) is 5.56 Å². The summed E-state index contributed by atoms with van der Waals surface area (Å²) in [6.45, 7) is 3.74. The van der Waals surface area contributed by atoms with Gasteiger partial charge in [0, 0.05) is 17.2 Å². The summed E-state index contributed by atoms with van der Waals surface area (Å²) in [6.07, 6.45) is -0.173. The number of aromatic nitrogens is 2. The number of benzene rings is 1.